The van der Waals surface area contributed by atoms with Gasteiger partial charge in [0.1, 0.15) is 6.54 Å². The molecule has 1 saturated heterocycles. The first kappa shape index (κ1) is 17.0. The van der Waals surface area contributed by atoms with Crippen molar-refractivity contribution in [2.75, 3.05) is 29.9 Å². The Morgan fingerprint density at radius 2 is 1.96 bits per heavy atom. The number of nitrogens with zero attached hydrogens (tertiary/aromatic N) is 3. The lowest BCUT2D eigenvalue weighted by Gasteiger charge is -2.19. The minimum atomic E-state index is -0.224. The van der Waals surface area contributed by atoms with E-state index >= 15 is 0 Å². The largest absolute Gasteiger partial charge is 0.325 e. The lowest BCUT2D eigenvalue weighted by Crippen LogP contribution is -2.37. The maximum atomic E-state index is 12.6. The van der Waals surface area contributed by atoms with E-state index in [1.165, 1.54) is 5.56 Å². The SMILES string of the molecule is CC(C)c1ccc(N2CCN(CC(=O)Nc3cccnc3)C2=O)cc1. The van der Waals surface area contributed by atoms with Crippen LogP contribution in [0.3, 0.4) is 0 Å². The first-order valence-electron chi connectivity index (χ1n) is 8.41. The second-order valence-electron chi connectivity index (χ2n) is 6.39. The van der Waals surface area contributed by atoms with E-state index in [9.17, 15) is 9.59 Å². The van der Waals surface area contributed by atoms with E-state index in [2.05, 4.69) is 24.1 Å². The van der Waals surface area contributed by atoms with Gasteiger partial charge in [-0.3, -0.25) is 14.7 Å². The van der Waals surface area contributed by atoms with E-state index < -0.39 is 0 Å². The molecule has 6 heteroatoms. The van der Waals surface area contributed by atoms with E-state index in [4.69, 9.17) is 0 Å². The summed E-state index contributed by atoms with van der Waals surface area (Å²) in [7, 11) is 0. The van der Waals surface area contributed by atoms with Gasteiger partial charge in [0.2, 0.25) is 5.91 Å². The second kappa shape index (κ2) is 7.34. The molecule has 0 aliphatic carbocycles. The summed E-state index contributed by atoms with van der Waals surface area (Å²) in [5.74, 6) is 0.231. The van der Waals surface area contributed by atoms with E-state index in [1.54, 1.807) is 34.3 Å². The van der Waals surface area contributed by atoms with Crippen LogP contribution >= 0.6 is 0 Å². The molecule has 130 valence electrons. The number of rotatable bonds is 5. The van der Waals surface area contributed by atoms with Crippen LogP contribution in [0.2, 0.25) is 0 Å². The van der Waals surface area contributed by atoms with Gasteiger partial charge in [-0.2, -0.15) is 0 Å². The number of hydrogen-bond donors (Lipinski definition) is 1. The fraction of sp³-hybridized carbons (Fsp3) is 0.316. The molecule has 3 rings (SSSR count). The van der Waals surface area contributed by atoms with Crippen molar-refractivity contribution in [3.8, 4) is 0 Å². The molecule has 2 aromatic rings. The van der Waals surface area contributed by atoms with Gasteiger partial charge in [0.15, 0.2) is 0 Å². The van der Waals surface area contributed by atoms with E-state index in [0.717, 1.165) is 5.69 Å². The monoisotopic (exact) mass is 338 g/mol. The van der Waals surface area contributed by atoms with Crippen LogP contribution in [-0.4, -0.2) is 41.5 Å². The van der Waals surface area contributed by atoms with Crippen LogP contribution in [0.4, 0.5) is 16.2 Å². The average molecular weight is 338 g/mol. The number of aromatic nitrogens is 1. The summed E-state index contributed by atoms with van der Waals surface area (Å²) >= 11 is 0. The quantitative estimate of drug-likeness (QED) is 0.911. The highest BCUT2D eigenvalue weighted by molar-refractivity contribution is 5.99. The van der Waals surface area contributed by atoms with Crippen LogP contribution in [0.5, 0.6) is 0 Å². The molecule has 0 atom stereocenters. The number of pyridine rings is 1. The minimum absolute atomic E-state index is 0.0360. The maximum Gasteiger partial charge on any atom is 0.325 e. The zero-order chi connectivity index (χ0) is 17.8. The number of benzene rings is 1. The molecule has 1 N–H and O–H groups in total. The molecule has 0 bridgehead atoms. The first-order chi connectivity index (χ1) is 12.0. The molecule has 1 fully saturated rings. The summed E-state index contributed by atoms with van der Waals surface area (Å²) in [6.45, 7) is 5.43. The number of carbonyl (C=O) groups excluding carboxylic acids is 2. The predicted octanol–water partition coefficient (Wildman–Crippen LogP) is 3.09. The highest BCUT2D eigenvalue weighted by Gasteiger charge is 2.30. The van der Waals surface area contributed by atoms with Crippen molar-refractivity contribution in [1.82, 2.24) is 9.88 Å². The fourth-order valence-electron chi connectivity index (χ4n) is 2.82. The number of carbonyl (C=O) groups is 2. The van der Waals surface area contributed by atoms with Crippen molar-refractivity contribution in [3.63, 3.8) is 0 Å². The number of hydrogen-bond acceptors (Lipinski definition) is 3. The van der Waals surface area contributed by atoms with Crippen LogP contribution in [0.15, 0.2) is 48.8 Å². The Balaban J connectivity index is 1.60. The Morgan fingerprint density at radius 1 is 1.20 bits per heavy atom. The van der Waals surface area contributed by atoms with Crippen molar-refractivity contribution in [3.05, 3.63) is 54.4 Å². The van der Waals surface area contributed by atoms with E-state index in [-0.39, 0.29) is 18.5 Å². The highest BCUT2D eigenvalue weighted by atomic mass is 16.2. The van der Waals surface area contributed by atoms with Crippen molar-refractivity contribution in [2.45, 2.75) is 19.8 Å². The standard InChI is InChI=1S/C19H22N4O2/c1-14(2)15-5-7-17(8-6-15)23-11-10-22(19(23)25)13-18(24)21-16-4-3-9-20-12-16/h3-9,12,14H,10-11,13H2,1-2H3,(H,21,24). The molecular weight excluding hydrogens is 316 g/mol. The molecule has 0 radical (unpaired) electrons. The molecular formula is C19H22N4O2. The molecule has 25 heavy (non-hydrogen) atoms. The highest BCUT2D eigenvalue weighted by Crippen LogP contribution is 2.23. The molecule has 1 aromatic carbocycles. The van der Waals surface area contributed by atoms with Gasteiger partial charge in [-0.1, -0.05) is 26.0 Å². The van der Waals surface area contributed by atoms with E-state index in [1.807, 2.05) is 24.3 Å². The van der Waals surface area contributed by atoms with Gasteiger partial charge in [-0.05, 0) is 35.7 Å². The Labute approximate surface area is 147 Å². The predicted molar refractivity (Wildman–Crippen MR) is 97.7 cm³/mol. The third kappa shape index (κ3) is 3.96. The number of amides is 3. The van der Waals surface area contributed by atoms with Gasteiger partial charge in [0.05, 0.1) is 11.9 Å². The maximum absolute atomic E-state index is 12.6. The van der Waals surface area contributed by atoms with Gasteiger partial charge in [0.25, 0.3) is 0 Å². The van der Waals surface area contributed by atoms with Crippen molar-refractivity contribution in [2.24, 2.45) is 0 Å². The van der Waals surface area contributed by atoms with Gasteiger partial charge in [-0.15, -0.1) is 0 Å². The van der Waals surface area contributed by atoms with Crippen LogP contribution in [0, 0.1) is 0 Å². The Hall–Kier alpha value is -2.89. The number of anilines is 2. The molecule has 1 aliphatic rings. The number of nitrogens with one attached hydrogen (secondary N) is 1. The molecule has 6 nitrogen and oxygen atoms in total. The summed E-state index contributed by atoms with van der Waals surface area (Å²) in [5.41, 5.74) is 2.73. The third-order valence-electron chi connectivity index (χ3n) is 4.25. The summed E-state index contributed by atoms with van der Waals surface area (Å²) in [4.78, 5) is 31.9. The summed E-state index contributed by atoms with van der Waals surface area (Å²) in [5, 5.41) is 2.75. The zero-order valence-electron chi connectivity index (χ0n) is 14.5. The summed E-state index contributed by atoms with van der Waals surface area (Å²) in [6, 6.07) is 11.4. The van der Waals surface area contributed by atoms with Gasteiger partial charge in [0, 0.05) is 25.0 Å². The normalized spacial score (nSPS) is 14.3. The Kier molecular flexibility index (Phi) is 4.97. The van der Waals surface area contributed by atoms with Gasteiger partial charge >= 0.3 is 6.03 Å². The van der Waals surface area contributed by atoms with Crippen LogP contribution in [0.25, 0.3) is 0 Å². The lowest BCUT2D eigenvalue weighted by atomic mass is 10.0. The lowest BCUT2D eigenvalue weighted by molar-refractivity contribution is -0.116. The topological polar surface area (TPSA) is 65.5 Å². The average Bonchev–Trinajstić information content (AvgIpc) is 2.96. The first-order valence-corrected chi connectivity index (χ1v) is 8.41. The molecule has 1 aromatic heterocycles. The fourth-order valence-corrected chi connectivity index (χ4v) is 2.82. The van der Waals surface area contributed by atoms with E-state index in [0.29, 0.717) is 24.7 Å². The van der Waals surface area contributed by atoms with Gasteiger partial charge in [-0.25, -0.2) is 4.79 Å². The van der Waals surface area contributed by atoms with Crippen molar-refractivity contribution >= 4 is 23.3 Å². The van der Waals surface area contributed by atoms with Crippen molar-refractivity contribution < 1.29 is 9.59 Å². The Morgan fingerprint density at radius 3 is 2.60 bits per heavy atom. The second-order valence-corrected chi connectivity index (χ2v) is 6.39. The van der Waals surface area contributed by atoms with Crippen LogP contribution in [0.1, 0.15) is 25.3 Å². The summed E-state index contributed by atoms with van der Waals surface area (Å²) in [6.07, 6.45) is 3.22. The third-order valence-corrected chi connectivity index (χ3v) is 4.25. The van der Waals surface area contributed by atoms with Gasteiger partial charge < -0.3 is 10.2 Å². The van der Waals surface area contributed by atoms with Crippen LogP contribution < -0.4 is 10.2 Å². The Bertz CT molecular complexity index is 744. The molecule has 0 saturated carbocycles. The van der Waals surface area contributed by atoms with Crippen molar-refractivity contribution in [1.29, 1.82) is 0 Å². The minimum Gasteiger partial charge on any atom is -0.323 e. The zero-order valence-corrected chi connectivity index (χ0v) is 14.5. The van der Waals surface area contributed by atoms with Crippen LogP contribution in [-0.2, 0) is 4.79 Å². The molecule has 0 spiro atoms. The summed E-state index contributed by atoms with van der Waals surface area (Å²) < 4.78 is 0. The smallest absolute Gasteiger partial charge is 0.323 e. The molecule has 0 unspecified atom stereocenters. The molecule has 3 amide bonds. The number of urea groups is 1. The molecule has 1 aliphatic heterocycles. The molecule has 2 heterocycles.